The van der Waals surface area contributed by atoms with E-state index in [1.54, 1.807) is 0 Å². The third-order valence-electron chi connectivity index (χ3n) is 9.32. The zero-order chi connectivity index (χ0) is 26.7. The van der Waals surface area contributed by atoms with Gasteiger partial charge in [0.15, 0.2) is 0 Å². The SMILES string of the molecule is CN(c1ccc2c(c1)c1ccccc1n2C1=CCC=CC23C=CCC=CC12C3)c1ccccc1-c1ccccc1. The minimum Gasteiger partial charge on any atom is -0.344 e. The fraction of sp³-hybridized carbons (Fsp3) is 0.158. The van der Waals surface area contributed by atoms with Gasteiger partial charge in [0.2, 0.25) is 0 Å². The lowest BCUT2D eigenvalue weighted by Crippen LogP contribution is -2.14. The van der Waals surface area contributed by atoms with Crippen LogP contribution in [0.15, 0.2) is 140 Å². The molecule has 0 N–H and O–H groups in total. The summed E-state index contributed by atoms with van der Waals surface area (Å²) in [6, 6.07) is 35.3. The maximum atomic E-state index is 2.56. The number of allylic oxidation sites excluding steroid dienone is 8. The predicted octanol–water partition coefficient (Wildman–Crippen LogP) is 9.92. The second-order valence-corrected chi connectivity index (χ2v) is 11.5. The zero-order valence-corrected chi connectivity index (χ0v) is 22.8. The Labute approximate surface area is 235 Å². The fourth-order valence-electron chi connectivity index (χ4n) is 7.27. The number of para-hydroxylation sites is 2. The Morgan fingerprint density at radius 3 is 2.30 bits per heavy atom. The monoisotopic (exact) mass is 516 g/mol. The highest BCUT2D eigenvalue weighted by molar-refractivity contribution is 6.11. The summed E-state index contributed by atoms with van der Waals surface area (Å²) in [5.74, 6) is 0. The van der Waals surface area contributed by atoms with Crippen molar-refractivity contribution in [3.8, 4) is 11.1 Å². The van der Waals surface area contributed by atoms with Crippen molar-refractivity contribution in [3.05, 3.63) is 140 Å². The van der Waals surface area contributed by atoms with Crippen molar-refractivity contribution in [1.82, 2.24) is 4.57 Å². The number of hydrogen-bond acceptors (Lipinski definition) is 1. The van der Waals surface area contributed by atoms with Gasteiger partial charge in [-0.2, -0.15) is 0 Å². The van der Waals surface area contributed by atoms with Gasteiger partial charge in [0.25, 0.3) is 0 Å². The van der Waals surface area contributed by atoms with E-state index in [-0.39, 0.29) is 10.8 Å². The van der Waals surface area contributed by atoms with Gasteiger partial charge >= 0.3 is 0 Å². The van der Waals surface area contributed by atoms with Gasteiger partial charge in [-0.3, -0.25) is 0 Å². The Balaban J connectivity index is 1.30. The summed E-state index contributed by atoms with van der Waals surface area (Å²) in [4.78, 5) is 2.33. The lowest BCUT2D eigenvalue weighted by molar-refractivity contribution is 0.675. The molecule has 1 fully saturated rings. The van der Waals surface area contributed by atoms with Crippen LogP contribution >= 0.6 is 0 Å². The van der Waals surface area contributed by atoms with Crippen LogP contribution in [0.25, 0.3) is 38.6 Å². The summed E-state index contributed by atoms with van der Waals surface area (Å²) >= 11 is 0. The van der Waals surface area contributed by atoms with E-state index in [4.69, 9.17) is 0 Å². The lowest BCUT2D eigenvalue weighted by Gasteiger charge is -2.24. The smallest absolute Gasteiger partial charge is 0.0539 e. The van der Waals surface area contributed by atoms with Gasteiger partial charge < -0.3 is 9.47 Å². The maximum Gasteiger partial charge on any atom is 0.0539 e. The van der Waals surface area contributed by atoms with E-state index in [1.807, 2.05) is 0 Å². The van der Waals surface area contributed by atoms with Crippen molar-refractivity contribution < 1.29 is 0 Å². The van der Waals surface area contributed by atoms with E-state index >= 15 is 0 Å². The van der Waals surface area contributed by atoms with Crippen molar-refractivity contribution in [2.45, 2.75) is 19.3 Å². The van der Waals surface area contributed by atoms with Gasteiger partial charge in [-0.1, -0.05) is 109 Å². The number of hydrogen-bond donors (Lipinski definition) is 0. The summed E-state index contributed by atoms with van der Waals surface area (Å²) < 4.78 is 2.56. The average Bonchev–Trinajstić information content (AvgIpc) is 3.61. The molecule has 8 rings (SSSR count). The molecule has 2 atom stereocenters. The molecule has 1 heterocycles. The molecule has 3 aliphatic rings. The molecule has 40 heavy (non-hydrogen) atoms. The van der Waals surface area contributed by atoms with Crippen molar-refractivity contribution in [1.29, 1.82) is 0 Å². The first-order valence-electron chi connectivity index (χ1n) is 14.4. The number of fused-ring (bicyclic) bond motifs is 3. The first-order valence-corrected chi connectivity index (χ1v) is 14.4. The van der Waals surface area contributed by atoms with Crippen LogP contribution in [-0.4, -0.2) is 11.6 Å². The normalized spacial score (nSPS) is 22.9. The van der Waals surface area contributed by atoms with Crippen LogP contribution in [0.5, 0.6) is 0 Å². The van der Waals surface area contributed by atoms with Crippen molar-refractivity contribution >= 4 is 38.9 Å². The molecular formula is C38H32N2. The van der Waals surface area contributed by atoms with Gasteiger partial charge in [0.1, 0.15) is 0 Å². The van der Waals surface area contributed by atoms with Gasteiger partial charge in [-0.15, -0.1) is 0 Å². The van der Waals surface area contributed by atoms with Crippen molar-refractivity contribution in [2.24, 2.45) is 10.8 Å². The minimum absolute atomic E-state index is 0.0197. The van der Waals surface area contributed by atoms with Gasteiger partial charge in [-0.25, -0.2) is 0 Å². The number of anilines is 2. The van der Waals surface area contributed by atoms with E-state index in [0.29, 0.717) is 0 Å². The van der Waals surface area contributed by atoms with Crippen LogP contribution in [0.2, 0.25) is 0 Å². The third-order valence-corrected chi connectivity index (χ3v) is 9.32. The van der Waals surface area contributed by atoms with E-state index < -0.39 is 0 Å². The first kappa shape index (κ1) is 23.3. The summed E-state index contributed by atoms with van der Waals surface area (Å²) in [7, 11) is 2.18. The molecule has 0 saturated heterocycles. The molecule has 5 aromatic rings. The molecule has 4 aromatic carbocycles. The highest BCUT2D eigenvalue weighted by Gasteiger charge is 2.66. The predicted molar refractivity (Wildman–Crippen MR) is 170 cm³/mol. The Morgan fingerprint density at radius 1 is 0.675 bits per heavy atom. The third kappa shape index (κ3) is 3.29. The fourth-order valence-corrected chi connectivity index (χ4v) is 7.27. The van der Waals surface area contributed by atoms with Gasteiger partial charge in [0.05, 0.1) is 11.0 Å². The molecule has 0 amide bonds. The van der Waals surface area contributed by atoms with Crippen LogP contribution in [0.3, 0.4) is 0 Å². The molecule has 0 bridgehead atoms. The topological polar surface area (TPSA) is 8.17 Å². The minimum atomic E-state index is 0.0197. The van der Waals surface area contributed by atoms with Gasteiger partial charge in [0, 0.05) is 51.3 Å². The Bertz CT molecular complexity index is 1900. The highest BCUT2D eigenvalue weighted by Crippen LogP contribution is 2.73. The second-order valence-electron chi connectivity index (χ2n) is 11.5. The van der Waals surface area contributed by atoms with Crippen LogP contribution in [-0.2, 0) is 0 Å². The largest absolute Gasteiger partial charge is 0.344 e. The van der Waals surface area contributed by atoms with Crippen molar-refractivity contribution in [3.63, 3.8) is 0 Å². The number of aromatic nitrogens is 1. The Morgan fingerprint density at radius 2 is 1.40 bits per heavy atom. The van der Waals surface area contributed by atoms with Crippen LogP contribution in [0.1, 0.15) is 19.3 Å². The van der Waals surface area contributed by atoms with E-state index in [1.165, 1.54) is 50.0 Å². The molecule has 1 aromatic heterocycles. The number of benzene rings is 4. The summed E-state index contributed by atoms with van der Waals surface area (Å²) in [5.41, 5.74) is 8.95. The molecule has 0 spiro atoms. The molecule has 0 radical (unpaired) electrons. The van der Waals surface area contributed by atoms with Crippen LogP contribution in [0.4, 0.5) is 11.4 Å². The van der Waals surface area contributed by atoms with Crippen LogP contribution in [0, 0.1) is 10.8 Å². The van der Waals surface area contributed by atoms with E-state index in [2.05, 4.69) is 156 Å². The highest BCUT2D eigenvalue weighted by atomic mass is 15.1. The van der Waals surface area contributed by atoms with Gasteiger partial charge in [-0.05, 0) is 55.2 Å². The molecule has 2 unspecified atom stereocenters. The number of rotatable bonds is 4. The number of nitrogens with zero attached hydrogens (tertiary/aromatic N) is 2. The molecule has 194 valence electrons. The molecular weight excluding hydrogens is 484 g/mol. The Hall–Kier alpha value is -4.56. The van der Waals surface area contributed by atoms with Crippen molar-refractivity contribution in [2.75, 3.05) is 11.9 Å². The summed E-state index contributed by atoms with van der Waals surface area (Å²) in [5, 5.41) is 2.60. The maximum absolute atomic E-state index is 2.56. The summed E-state index contributed by atoms with van der Waals surface area (Å²) in [6.07, 6.45) is 20.1. The first-order chi connectivity index (χ1) is 19.7. The molecule has 2 heteroatoms. The second kappa shape index (κ2) is 8.72. The zero-order valence-electron chi connectivity index (χ0n) is 22.8. The molecule has 2 nitrogen and oxygen atoms in total. The van der Waals surface area contributed by atoms with E-state index in [0.717, 1.165) is 19.3 Å². The van der Waals surface area contributed by atoms with Crippen LogP contribution < -0.4 is 4.90 Å². The quantitative estimate of drug-likeness (QED) is 0.216. The molecule has 0 aliphatic heterocycles. The van der Waals surface area contributed by atoms with E-state index in [9.17, 15) is 0 Å². The Kier molecular flexibility index (Phi) is 5.09. The average molecular weight is 517 g/mol. The molecule has 3 aliphatic carbocycles. The standard InChI is InChI=1S/C38H32N2/c1-39(33-18-8-6-16-30(33)28-14-4-2-5-15-28)29-21-22-35-32(26-29)31-17-7-9-19-34(31)40(35)36-20-10-13-24-37-23-11-3-12-25-38(36,37)27-37/h2,4-9,11-26H,3,10,27H2,1H3. The summed E-state index contributed by atoms with van der Waals surface area (Å²) in [6.45, 7) is 0. The lowest BCUT2D eigenvalue weighted by atomic mass is 9.89. The molecule has 1 saturated carbocycles.